The van der Waals surface area contributed by atoms with Gasteiger partial charge in [0.2, 0.25) is 0 Å². The fourth-order valence-electron chi connectivity index (χ4n) is 4.36. The second kappa shape index (κ2) is 10.9. The van der Waals surface area contributed by atoms with Crippen LogP contribution in [-0.2, 0) is 19.1 Å². The zero-order chi connectivity index (χ0) is 25.8. The molecule has 4 rings (SSSR count). The Bertz CT molecular complexity index is 1320. The van der Waals surface area contributed by atoms with Gasteiger partial charge < -0.3 is 14.8 Å². The van der Waals surface area contributed by atoms with Crippen LogP contribution in [0.15, 0.2) is 76.5 Å². The summed E-state index contributed by atoms with van der Waals surface area (Å²) in [7, 11) is 0. The van der Waals surface area contributed by atoms with Gasteiger partial charge in [0.05, 0.1) is 36.0 Å². The number of esters is 2. The first-order valence-corrected chi connectivity index (χ1v) is 12.6. The second-order valence-corrected chi connectivity index (χ2v) is 9.07. The van der Waals surface area contributed by atoms with Crippen LogP contribution in [0.3, 0.4) is 0 Å². The van der Waals surface area contributed by atoms with E-state index >= 15 is 0 Å². The van der Waals surface area contributed by atoms with E-state index in [1.807, 2.05) is 29.6 Å². The zero-order valence-corrected chi connectivity index (χ0v) is 21.4. The first-order chi connectivity index (χ1) is 17.3. The molecule has 0 saturated heterocycles. The van der Waals surface area contributed by atoms with Crippen molar-refractivity contribution >= 4 is 23.3 Å². The van der Waals surface area contributed by atoms with E-state index in [0.29, 0.717) is 33.2 Å². The van der Waals surface area contributed by atoms with Gasteiger partial charge in [0.25, 0.3) is 0 Å². The third kappa shape index (κ3) is 4.95. The van der Waals surface area contributed by atoms with E-state index in [4.69, 9.17) is 14.5 Å². The third-order valence-corrected chi connectivity index (χ3v) is 6.77. The highest BCUT2D eigenvalue weighted by Gasteiger charge is 2.39. The van der Waals surface area contributed by atoms with Gasteiger partial charge in [0, 0.05) is 27.9 Å². The molecule has 2 heterocycles. The summed E-state index contributed by atoms with van der Waals surface area (Å²) in [6.07, 6.45) is 0. The zero-order valence-electron chi connectivity index (χ0n) is 20.6. The molecule has 3 aromatic rings. The number of carbonyl (C=O) groups is 2. The maximum Gasteiger partial charge on any atom is 0.336 e. The van der Waals surface area contributed by atoms with Crippen molar-refractivity contribution in [1.29, 1.82) is 0 Å². The average molecular weight is 507 g/mol. The quantitative estimate of drug-likeness (QED) is 0.398. The average Bonchev–Trinajstić information content (AvgIpc) is 3.34. The van der Waals surface area contributed by atoms with E-state index in [1.165, 1.54) is 23.5 Å². The molecule has 0 spiro atoms. The highest BCUT2D eigenvalue weighted by Crippen LogP contribution is 2.44. The highest BCUT2D eigenvalue weighted by atomic mass is 32.1. The number of benzene rings is 2. The van der Waals surface area contributed by atoms with E-state index in [2.05, 4.69) is 5.32 Å². The predicted octanol–water partition coefficient (Wildman–Crippen LogP) is 5.98. The van der Waals surface area contributed by atoms with Crippen molar-refractivity contribution in [2.45, 2.75) is 33.6 Å². The normalized spacial score (nSPS) is 14.0. The molecule has 0 radical (unpaired) electrons. The molecule has 6 nitrogen and oxygen atoms in total. The maximum absolute atomic E-state index is 13.4. The van der Waals surface area contributed by atoms with Crippen molar-refractivity contribution in [2.24, 2.45) is 0 Å². The SMILES string of the molecule is CCOC(=O)C1=C(C)NC(C)=C(C(=O)OCC)C1c1ccccc1-c1nc(-c2ccc(F)cc2)cs1. The lowest BCUT2D eigenvalue weighted by molar-refractivity contribution is -0.139. The summed E-state index contributed by atoms with van der Waals surface area (Å²) in [6.45, 7) is 7.48. The number of rotatable bonds is 7. The molecule has 0 fully saturated rings. The van der Waals surface area contributed by atoms with Crippen LogP contribution in [0.1, 0.15) is 39.2 Å². The van der Waals surface area contributed by atoms with Crippen molar-refractivity contribution in [3.63, 3.8) is 0 Å². The summed E-state index contributed by atoms with van der Waals surface area (Å²) >= 11 is 1.44. The van der Waals surface area contributed by atoms with Crippen molar-refractivity contribution in [2.75, 3.05) is 13.2 Å². The number of carbonyl (C=O) groups excluding carboxylic acids is 2. The summed E-state index contributed by atoms with van der Waals surface area (Å²) < 4.78 is 24.2. The summed E-state index contributed by atoms with van der Waals surface area (Å²) in [5.74, 6) is -2.02. The topological polar surface area (TPSA) is 77.5 Å². The number of ether oxygens (including phenoxy) is 2. The fraction of sp³-hybridized carbons (Fsp3) is 0.250. The van der Waals surface area contributed by atoms with Gasteiger partial charge in [-0.15, -0.1) is 11.3 Å². The molecular formula is C28H27FN2O4S. The van der Waals surface area contributed by atoms with Gasteiger partial charge in [-0.25, -0.2) is 19.0 Å². The molecule has 1 N–H and O–H groups in total. The monoisotopic (exact) mass is 506 g/mol. The van der Waals surface area contributed by atoms with Crippen LogP contribution < -0.4 is 5.32 Å². The number of thiazole rings is 1. The van der Waals surface area contributed by atoms with Crippen LogP contribution in [0.5, 0.6) is 0 Å². The second-order valence-electron chi connectivity index (χ2n) is 8.21. The van der Waals surface area contributed by atoms with E-state index in [0.717, 1.165) is 16.7 Å². The van der Waals surface area contributed by atoms with Crippen molar-refractivity contribution in [3.05, 3.63) is 87.8 Å². The summed E-state index contributed by atoms with van der Waals surface area (Å²) in [5, 5.41) is 5.78. The summed E-state index contributed by atoms with van der Waals surface area (Å²) in [6, 6.07) is 13.7. The molecule has 0 saturated carbocycles. The third-order valence-electron chi connectivity index (χ3n) is 5.90. The number of dihydropyridines is 1. The highest BCUT2D eigenvalue weighted by molar-refractivity contribution is 7.13. The minimum absolute atomic E-state index is 0.203. The van der Waals surface area contributed by atoms with E-state index in [1.54, 1.807) is 39.8 Å². The Balaban J connectivity index is 1.87. The Hall–Kier alpha value is -3.78. The minimum atomic E-state index is -0.710. The standard InChI is InChI=1S/C28H27FN2O4S/c1-5-34-27(32)23-16(3)30-17(4)24(28(33)35-6-2)25(23)20-9-7-8-10-21(20)26-31-22(15-36-26)18-11-13-19(29)14-12-18/h7-15,25,30H,5-6H2,1-4H3. The number of aromatic nitrogens is 1. The Morgan fingerprint density at radius 2 is 1.53 bits per heavy atom. The lowest BCUT2D eigenvalue weighted by Gasteiger charge is -2.31. The number of nitrogens with zero attached hydrogens (tertiary/aromatic N) is 1. The Morgan fingerprint density at radius 3 is 2.11 bits per heavy atom. The number of hydrogen-bond donors (Lipinski definition) is 1. The van der Waals surface area contributed by atoms with Crippen molar-refractivity contribution in [1.82, 2.24) is 10.3 Å². The van der Waals surface area contributed by atoms with Gasteiger partial charge in [-0.3, -0.25) is 0 Å². The lowest BCUT2D eigenvalue weighted by Crippen LogP contribution is -2.32. The van der Waals surface area contributed by atoms with Crippen LogP contribution in [0.25, 0.3) is 21.8 Å². The summed E-state index contributed by atoms with van der Waals surface area (Å²) in [5.41, 5.74) is 4.97. The molecule has 0 aliphatic carbocycles. The molecule has 2 aromatic carbocycles. The van der Waals surface area contributed by atoms with E-state index in [-0.39, 0.29) is 19.0 Å². The van der Waals surface area contributed by atoms with Crippen molar-refractivity contribution in [3.8, 4) is 21.8 Å². The van der Waals surface area contributed by atoms with Gasteiger partial charge in [0.15, 0.2) is 0 Å². The Morgan fingerprint density at radius 1 is 0.944 bits per heavy atom. The van der Waals surface area contributed by atoms with E-state index < -0.39 is 17.9 Å². The van der Waals surface area contributed by atoms with Gasteiger partial charge in [-0.2, -0.15) is 0 Å². The molecule has 36 heavy (non-hydrogen) atoms. The maximum atomic E-state index is 13.4. The van der Waals surface area contributed by atoms with Crippen LogP contribution in [-0.4, -0.2) is 30.1 Å². The van der Waals surface area contributed by atoms with Gasteiger partial charge in [-0.05, 0) is 57.5 Å². The molecular weight excluding hydrogens is 479 g/mol. The molecule has 0 bridgehead atoms. The van der Waals surface area contributed by atoms with Crippen LogP contribution in [0.2, 0.25) is 0 Å². The number of allylic oxidation sites excluding steroid dienone is 2. The molecule has 1 aliphatic heterocycles. The van der Waals surface area contributed by atoms with E-state index in [9.17, 15) is 14.0 Å². The number of halogens is 1. The lowest BCUT2D eigenvalue weighted by atomic mass is 9.78. The molecule has 1 aliphatic rings. The molecule has 1 aromatic heterocycles. The Labute approximate surface area is 213 Å². The first-order valence-electron chi connectivity index (χ1n) is 11.7. The first kappa shape index (κ1) is 25.3. The van der Waals surface area contributed by atoms with Gasteiger partial charge >= 0.3 is 11.9 Å². The predicted molar refractivity (Wildman–Crippen MR) is 137 cm³/mol. The van der Waals surface area contributed by atoms with Gasteiger partial charge in [0.1, 0.15) is 10.8 Å². The molecule has 0 atom stereocenters. The van der Waals surface area contributed by atoms with Crippen LogP contribution in [0, 0.1) is 5.82 Å². The number of hydrogen-bond acceptors (Lipinski definition) is 7. The largest absolute Gasteiger partial charge is 0.463 e. The molecule has 186 valence electrons. The van der Waals surface area contributed by atoms with Crippen LogP contribution >= 0.6 is 11.3 Å². The molecule has 0 unspecified atom stereocenters. The fourth-order valence-corrected chi connectivity index (χ4v) is 5.23. The van der Waals surface area contributed by atoms with Crippen LogP contribution in [0.4, 0.5) is 4.39 Å². The number of nitrogens with one attached hydrogen (secondary N) is 1. The summed E-state index contributed by atoms with van der Waals surface area (Å²) in [4.78, 5) is 31.1. The van der Waals surface area contributed by atoms with Gasteiger partial charge in [-0.1, -0.05) is 24.3 Å². The smallest absolute Gasteiger partial charge is 0.336 e. The molecule has 0 amide bonds. The van der Waals surface area contributed by atoms with Crippen molar-refractivity contribution < 1.29 is 23.5 Å². The minimum Gasteiger partial charge on any atom is -0.463 e. The molecule has 8 heteroatoms. The Kier molecular flexibility index (Phi) is 7.64.